The summed E-state index contributed by atoms with van der Waals surface area (Å²) in [6, 6.07) is 11.9. The second kappa shape index (κ2) is 8.01. The molecule has 2 aromatic carbocycles. The van der Waals surface area contributed by atoms with Crippen molar-refractivity contribution in [3.63, 3.8) is 0 Å². The Balaban J connectivity index is 1.60. The summed E-state index contributed by atoms with van der Waals surface area (Å²) in [7, 11) is -0.877. The Bertz CT molecular complexity index is 1420. The maximum absolute atomic E-state index is 12.9. The molecule has 0 unspecified atom stereocenters. The lowest BCUT2D eigenvalue weighted by Crippen LogP contribution is -2.39. The first kappa shape index (κ1) is 21.4. The van der Waals surface area contributed by atoms with Crippen molar-refractivity contribution < 1.29 is 13.2 Å². The summed E-state index contributed by atoms with van der Waals surface area (Å²) in [4.78, 5) is 39.5. The average Bonchev–Trinajstić information content (AvgIpc) is 2.79. The van der Waals surface area contributed by atoms with Crippen molar-refractivity contribution in [1.29, 1.82) is 0 Å². The lowest BCUT2D eigenvalue weighted by molar-refractivity contribution is -0.118. The van der Waals surface area contributed by atoms with Gasteiger partial charge in [-0.2, -0.15) is 0 Å². The van der Waals surface area contributed by atoms with Crippen LogP contribution in [0.5, 0.6) is 0 Å². The molecule has 0 aliphatic carbocycles. The summed E-state index contributed by atoms with van der Waals surface area (Å²) < 4.78 is 28.2. The largest absolute Gasteiger partial charge is 0.316 e. The van der Waals surface area contributed by atoms with E-state index in [4.69, 9.17) is 0 Å². The first-order valence-electron chi connectivity index (χ1n) is 9.65. The summed E-state index contributed by atoms with van der Waals surface area (Å²) in [5, 5.41) is 0. The Morgan fingerprint density at radius 2 is 1.68 bits per heavy atom. The van der Waals surface area contributed by atoms with Gasteiger partial charge >= 0.3 is 11.1 Å². The second-order valence-electron chi connectivity index (χ2n) is 7.31. The first-order valence-corrected chi connectivity index (χ1v) is 12.3. The Kier molecular flexibility index (Phi) is 5.52. The third kappa shape index (κ3) is 3.81. The summed E-state index contributed by atoms with van der Waals surface area (Å²) in [6.07, 6.45) is -0.147. The Hall–Kier alpha value is -2.85. The minimum Gasteiger partial charge on any atom is -0.310 e. The van der Waals surface area contributed by atoms with Crippen LogP contribution >= 0.6 is 11.8 Å². The highest BCUT2D eigenvalue weighted by Crippen LogP contribution is 2.34. The fourth-order valence-corrected chi connectivity index (χ4v) is 5.90. The van der Waals surface area contributed by atoms with Crippen LogP contribution in [0.4, 0.5) is 5.69 Å². The number of nitrogens with zero attached hydrogens (tertiary/aromatic N) is 3. The highest BCUT2D eigenvalue weighted by Gasteiger charge is 2.25. The van der Waals surface area contributed by atoms with E-state index in [9.17, 15) is 22.8 Å². The molecule has 2 heterocycles. The molecular formula is C21H21N3O5S2. The molecule has 0 spiro atoms. The van der Waals surface area contributed by atoms with E-state index in [0.717, 1.165) is 20.9 Å². The quantitative estimate of drug-likeness (QED) is 0.549. The number of hydrogen-bond acceptors (Lipinski definition) is 6. The summed E-state index contributed by atoms with van der Waals surface area (Å²) in [5.74, 6) is 0.169. The van der Waals surface area contributed by atoms with Gasteiger partial charge in [-0.1, -0.05) is 12.1 Å². The number of aromatic nitrogens is 2. The molecule has 8 nitrogen and oxygen atoms in total. The van der Waals surface area contributed by atoms with Gasteiger partial charge in [0.05, 0.1) is 27.4 Å². The molecule has 31 heavy (non-hydrogen) atoms. The third-order valence-electron chi connectivity index (χ3n) is 5.44. The van der Waals surface area contributed by atoms with Gasteiger partial charge in [0, 0.05) is 37.7 Å². The minimum absolute atomic E-state index is 0.0102. The molecule has 1 aliphatic heterocycles. The lowest BCUT2D eigenvalue weighted by atomic mass is 10.2. The normalized spacial score (nSPS) is 13.9. The Morgan fingerprint density at radius 3 is 2.42 bits per heavy atom. The fraction of sp³-hybridized carbons (Fsp3) is 0.286. The van der Waals surface area contributed by atoms with Crippen LogP contribution in [0.2, 0.25) is 0 Å². The zero-order chi connectivity index (χ0) is 22.3. The van der Waals surface area contributed by atoms with Crippen molar-refractivity contribution in [3.05, 3.63) is 63.2 Å². The van der Waals surface area contributed by atoms with Crippen LogP contribution < -0.4 is 16.0 Å². The molecule has 162 valence electrons. The van der Waals surface area contributed by atoms with Crippen LogP contribution in [0, 0.1) is 0 Å². The number of thioether (sulfide) groups is 1. The highest BCUT2D eigenvalue weighted by molar-refractivity contribution is 7.99. The average molecular weight is 460 g/mol. The van der Waals surface area contributed by atoms with Gasteiger partial charge in [0.1, 0.15) is 0 Å². The van der Waals surface area contributed by atoms with Crippen LogP contribution in [-0.2, 0) is 28.7 Å². The molecule has 0 radical (unpaired) electrons. The number of fused-ring (bicyclic) bond motifs is 2. The maximum atomic E-state index is 12.9. The van der Waals surface area contributed by atoms with Crippen molar-refractivity contribution in [2.45, 2.75) is 16.2 Å². The van der Waals surface area contributed by atoms with E-state index in [-0.39, 0.29) is 23.0 Å². The van der Waals surface area contributed by atoms with Crippen molar-refractivity contribution >= 4 is 44.2 Å². The zero-order valence-corrected chi connectivity index (χ0v) is 18.7. The molecular weight excluding hydrogens is 438 g/mol. The number of amides is 1. The Morgan fingerprint density at radius 1 is 1.00 bits per heavy atom. The number of carbonyl (C=O) groups excluding carboxylic acids is 1. The van der Waals surface area contributed by atoms with Gasteiger partial charge in [-0.25, -0.2) is 8.42 Å². The fourth-order valence-electron chi connectivity index (χ4n) is 3.66. The van der Waals surface area contributed by atoms with Crippen LogP contribution in [0.1, 0.15) is 6.42 Å². The lowest BCUT2D eigenvalue weighted by Gasteiger charge is -2.29. The number of sulfone groups is 1. The van der Waals surface area contributed by atoms with Crippen molar-refractivity contribution in [1.82, 2.24) is 9.13 Å². The molecule has 3 aromatic rings. The van der Waals surface area contributed by atoms with Crippen LogP contribution in [-0.4, -0.2) is 41.5 Å². The van der Waals surface area contributed by atoms with Crippen LogP contribution in [0.3, 0.4) is 0 Å². The van der Waals surface area contributed by atoms with Gasteiger partial charge in [0.2, 0.25) is 5.91 Å². The van der Waals surface area contributed by atoms with Gasteiger partial charge in [-0.05, 0) is 30.3 Å². The number of para-hydroxylation sites is 1. The molecule has 10 heteroatoms. The number of benzene rings is 2. The standard InChI is InChI=1S/C21H21N3O5S2/c1-22-15-8-7-14(13-17(15)23(2)21(27)20(22)26)31(28,29)12-9-19(25)24-10-11-30-18-6-4-3-5-16(18)24/h3-8,13H,9-12H2,1-2H3. The number of rotatable bonds is 4. The monoisotopic (exact) mass is 459 g/mol. The molecule has 1 amide bonds. The van der Waals surface area contributed by atoms with Gasteiger partial charge in [-0.15, -0.1) is 11.8 Å². The predicted molar refractivity (Wildman–Crippen MR) is 121 cm³/mol. The van der Waals surface area contributed by atoms with E-state index in [0.29, 0.717) is 17.6 Å². The van der Waals surface area contributed by atoms with Gasteiger partial charge in [-0.3, -0.25) is 14.4 Å². The topological polar surface area (TPSA) is 98.5 Å². The molecule has 1 aliphatic rings. The van der Waals surface area contributed by atoms with Gasteiger partial charge < -0.3 is 14.0 Å². The Labute approximate surface area is 183 Å². The van der Waals surface area contributed by atoms with E-state index in [1.54, 1.807) is 16.7 Å². The van der Waals surface area contributed by atoms with Gasteiger partial charge in [0.15, 0.2) is 9.84 Å². The van der Waals surface area contributed by atoms with Gasteiger partial charge in [0.25, 0.3) is 0 Å². The summed E-state index contributed by atoms with van der Waals surface area (Å²) in [6.45, 7) is 0.534. The van der Waals surface area contributed by atoms with Crippen LogP contribution in [0.25, 0.3) is 11.0 Å². The zero-order valence-electron chi connectivity index (χ0n) is 17.1. The maximum Gasteiger partial charge on any atom is 0.316 e. The van der Waals surface area contributed by atoms with Crippen molar-refractivity contribution in [2.24, 2.45) is 14.1 Å². The van der Waals surface area contributed by atoms with E-state index in [2.05, 4.69) is 0 Å². The van der Waals surface area contributed by atoms with E-state index < -0.39 is 21.0 Å². The van der Waals surface area contributed by atoms with Crippen LogP contribution in [0.15, 0.2) is 61.8 Å². The summed E-state index contributed by atoms with van der Waals surface area (Å²) >= 11 is 1.67. The molecule has 0 atom stereocenters. The molecule has 0 saturated carbocycles. The third-order valence-corrected chi connectivity index (χ3v) is 8.19. The number of hydrogen-bond donors (Lipinski definition) is 0. The molecule has 0 bridgehead atoms. The smallest absolute Gasteiger partial charge is 0.310 e. The highest BCUT2D eigenvalue weighted by atomic mass is 32.2. The van der Waals surface area contributed by atoms with E-state index in [1.807, 2.05) is 24.3 Å². The summed E-state index contributed by atoms with van der Waals surface area (Å²) in [5.41, 5.74) is 0.173. The molecule has 1 aromatic heterocycles. The number of anilines is 1. The number of carbonyl (C=O) groups is 1. The first-order chi connectivity index (χ1) is 14.7. The second-order valence-corrected chi connectivity index (χ2v) is 10.6. The molecule has 0 N–H and O–H groups in total. The van der Waals surface area contributed by atoms with Crippen molar-refractivity contribution in [2.75, 3.05) is 23.0 Å². The molecule has 4 rings (SSSR count). The molecule has 0 saturated heterocycles. The minimum atomic E-state index is -3.77. The van der Waals surface area contributed by atoms with Crippen molar-refractivity contribution in [3.8, 4) is 0 Å². The SMILES string of the molecule is Cn1c(=O)c(=O)n(C)c2cc(S(=O)(=O)CCC(=O)N3CCSc4ccccc43)ccc21. The van der Waals surface area contributed by atoms with E-state index >= 15 is 0 Å². The number of aryl methyl sites for hydroxylation is 2. The molecule has 0 fully saturated rings. The van der Waals surface area contributed by atoms with E-state index in [1.165, 1.54) is 36.9 Å². The predicted octanol–water partition coefficient (Wildman–Crippen LogP) is 1.54.